The normalized spacial score (nSPS) is 9.27. The highest BCUT2D eigenvalue weighted by Gasteiger charge is 2.08. The van der Waals surface area contributed by atoms with Gasteiger partial charge in [0.1, 0.15) is 17.2 Å². The molecule has 0 spiro atoms. The third-order valence-corrected chi connectivity index (χ3v) is 3.79. The van der Waals surface area contributed by atoms with E-state index in [4.69, 9.17) is 14.2 Å². The van der Waals surface area contributed by atoms with Crippen LogP contribution in [0.5, 0.6) is 17.2 Å². The Balaban J connectivity index is 0.00000106. The van der Waals surface area contributed by atoms with Crippen molar-refractivity contribution in [3.63, 3.8) is 0 Å². The molecular weight excluding hydrogens is 376 g/mol. The number of esters is 1. The Bertz CT molecular complexity index is 851. The quantitative estimate of drug-likeness (QED) is 0.250. The second kappa shape index (κ2) is 13.8. The average molecular weight is 409 g/mol. The Morgan fingerprint density at radius 3 is 1.43 bits per heavy atom. The van der Waals surface area contributed by atoms with Crippen LogP contribution < -0.4 is 14.2 Å². The Morgan fingerprint density at radius 1 is 0.600 bits per heavy atom. The Kier molecular flexibility index (Phi) is 11.4. The zero-order chi connectivity index (χ0) is 22.4. The summed E-state index contributed by atoms with van der Waals surface area (Å²) in [7, 11) is 0. The van der Waals surface area contributed by atoms with Crippen LogP contribution in [0.3, 0.4) is 0 Å². The number of carbonyl (C=O) groups excluding carboxylic acids is 1. The van der Waals surface area contributed by atoms with Gasteiger partial charge in [-0.3, -0.25) is 0 Å². The molecule has 0 aliphatic heterocycles. The molecule has 0 radical (unpaired) electrons. The van der Waals surface area contributed by atoms with Gasteiger partial charge in [-0.2, -0.15) is 0 Å². The van der Waals surface area contributed by atoms with Crippen molar-refractivity contribution in [2.75, 3.05) is 6.79 Å². The first-order valence-corrected chi connectivity index (χ1v) is 10.3. The molecule has 0 saturated carbocycles. The lowest BCUT2D eigenvalue weighted by Crippen LogP contribution is -2.08. The molecule has 3 aromatic rings. The van der Waals surface area contributed by atoms with Crippen molar-refractivity contribution in [2.24, 2.45) is 0 Å². The van der Waals surface area contributed by atoms with Gasteiger partial charge in [0.2, 0.25) is 6.79 Å². The van der Waals surface area contributed by atoms with E-state index in [-0.39, 0.29) is 12.8 Å². The minimum atomic E-state index is -0.388. The summed E-state index contributed by atoms with van der Waals surface area (Å²) in [6.07, 6.45) is 0. The van der Waals surface area contributed by atoms with Gasteiger partial charge in [-0.05, 0) is 62.4 Å². The Morgan fingerprint density at radius 2 is 0.967 bits per heavy atom. The first kappa shape index (κ1) is 24.8. The fourth-order valence-corrected chi connectivity index (χ4v) is 2.26. The molecule has 0 fully saturated rings. The zero-order valence-electron chi connectivity index (χ0n) is 18.8. The summed E-state index contributed by atoms with van der Waals surface area (Å²) in [5, 5.41) is 0. The maximum Gasteiger partial charge on any atom is 0.343 e. The van der Waals surface area contributed by atoms with Crippen LogP contribution in [-0.2, 0) is 0 Å². The molecule has 0 N–H and O–H groups in total. The van der Waals surface area contributed by atoms with Gasteiger partial charge in [0.25, 0.3) is 0 Å². The van der Waals surface area contributed by atoms with Crippen LogP contribution in [0.1, 0.15) is 49.2 Å². The van der Waals surface area contributed by atoms with E-state index in [1.807, 2.05) is 77.9 Å². The summed E-state index contributed by atoms with van der Waals surface area (Å²) in [4.78, 5) is 12.1. The molecule has 0 saturated heterocycles. The van der Waals surface area contributed by atoms with E-state index < -0.39 is 0 Å². The van der Waals surface area contributed by atoms with Crippen molar-refractivity contribution in [2.45, 2.75) is 41.5 Å². The number of rotatable bonds is 6. The van der Waals surface area contributed by atoms with E-state index in [1.165, 1.54) is 5.56 Å². The monoisotopic (exact) mass is 408 g/mol. The largest absolute Gasteiger partial charge is 0.458 e. The molecule has 0 aliphatic carbocycles. The average Bonchev–Trinajstić information content (AvgIpc) is 2.79. The second-order valence-corrected chi connectivity index (χ2v) is 5.95. The standard InChI is InChI=1S/C22H20O4.2C2H6/c1-16-3-7-18(8-4-16)22(23)26-21-13-11-20(12-14-21)25-15-24-19-9-5-17(2)6-10-19;2*1-2/h3-14H,15H2,1-2H3;2*1-2H3. The molecule has 30 heavy (non-hydrogen) atoms. The number of benzene rings is 3. The van der Waals surface area contributed by atoms with Crippen molar-refractivity contribution in [3.05, 3.63) is 89.5 Å². The molecule has 3 aromatic carbocycles. The minimum Gasteiger partial charge on any atom is -0.458 e. The Labute approximate surface area is 180 Å². The lowest BCUT2D eigenvalue weighted by molar-refractivity contribution is 0.0734. The van der Waals surface area contributed by atoms with Gasteiger partial charge in [0.15, 0.2) is 0 Å². The van der Waals surface area contributed by atoms with Crippen molar-refractivity contribution >= 4 is 5.97 Å². The first-order chi connectivity index (χ1) is 14.6. The van der Waals surface area contributed by atoms with Crippen LogP contribution in [0.25, 0.3) is 0 Å². The lowest BCUT2D eigenvalue weighted by Gasteiger charge is -2.09. The summed E-state index contributed by atoms with van der Waals surface area (Å²) < 4.78 is 16.4. The topological polar surface area (TPSA) is 44.8 Å². The number of ether oxygens (including phenoxy) is 3. The summed E-state index contributed by atoms with van der Waals surface area (Å²) in [6.45, 7) is 12.1. The van der Waals surface area contributed by atoms with E-state index in [9.17, 15) is 4.79 Å². The maximum absolute atomic E-state index is 12.1. The SMILES string of the molecule is CC.CC.Cc1ccc(OCOc2ccc(OC(=O)c3ccc(C)cc3)cc2)cc1. The molecule has 0 unspecified atom stereocenters. The molecule has 0 aliphatic rings. The highest BCUT2D eigenvalue weighted by atomic mass is 16.7. The predicted molar refractivity (Wildman–Crippen MR) is 123 cm³/mol. The van der Waals surface area contributed by atoms with Gasteiger partial charge < -0.3 is 14.2 Å². The predicted octanol–water partition coefficient (Wildman–Crippen LogP) is 6.99. The zero-order valence-corrected chi connectivity index (χ0v) is 18.8. The van der Waals surface area contributed by atoms with E-state index >= 15 is 0 Å². The van der Waals surface area contributed by atoms with E-state index in [0.29, 0.717) is 17.1 Å². The molecule has 0 aromatic heterocycles. The molecule has 0 atom stereocenters. The summed E-state index contributed by atoms with van der Waals surface area (Å²) in [5.74, 6) is 1.45. The van der Waals surface area contributed by atoms with E-state index in [1.54, 1.807) is 36.4 Å². The van der Waals surface area contributed by atoms with E-state index in [0.717, 1.165) is 11.3 Å². The second-order valence-electron chi connectivity index (χ2n) is 5.95. The minimum absolute atomic E-state index is 0.103. The van der Waals surface area contributed by atoms with Crippen LogP contribution >= 0.6 is 0 Å². The summed E-state index contributed by atoms with van der Waals surface area (Å²) >= 11 is 0. The third-order valence-electron chi connectivity index (χ3n) is 3.79. The van der Waals surface area contributed by atoms with Crippen LogP contribution in [0.4, 0.5) is 0 Å². The maximum atomic E-state index is 12.1. The number of hydrogen-bond donors (Lipinski definition) is 0. The molecule has 3 rings (SSSR count). The van der Waals surface area contributed by atoms with Crippen molar-refractivity contribution < 1.29 is 19.0 Å². The van der Waals surface area contributed by atoms with E-state index in [2.05, 4.69) is 0 Å². The first-order valence-electron chi connectivity index (χ1n) is 10.3. The van der Waals surface area contributed by atoms with Gasteiger partial charge in [-0.1, -0.05) is 63.1 Å². The number of aryl methyl sites for hydroxylation is 2. The molecule has 0 bridgehead atoms. The fourth-order valence-electron chi connectivity index (χ4n) is 2.26. The van der Waals surface area contributed by atoms with Gasteiger partial charge in [0.05, 0.1) is 5.56 Å². The molecule has 4 heteroatoms. The molecule has 160 valence electrons. The molecule has 0 amide bonds. The summed E-state index contributed by atoms with van der Waals surface area (Å²) in [5.41, 5.74) is 2.78. The van der Waals surface area contributed by atoms with Crippen molar-refractivity contribution in [1.29, 1.82) is 0 Å². The smallest absolute Gasteiger partial charge is 0.343 e. The van der Waals surface area contributed by atoms with Crippen molar-refractivity contribution in [1.82, 2.24) is 0 Å². The van der Waals surface area contributed by atoms with Crippen LogP contribution in [-0.4, -0.2) is 12.8 Å². The van der Waals surface area contributed by atoms with Gasteiger partial charge in [0, 0.05) is 0 Å². The van der Waals surface area contributed by atoms with Crippen LogP contribution in [0, 0.1) is 13.8 Å². The van der Waals surface area contributed by atoms with Gasteiger partial charge in [-0.15, -0.1) is 0 Å². The van der Waals surface area contributed by atoms with Gasteiger partial charge >= 0.3 is 5.97 Å². The molecular formula is C26H32O4. The van der Waals surface area contributed by atoms with Crippen LogP contribution in [0.2, 0.25) is 0 Å². The molecule has 4 nitrogen and oxygen atoms in total. The fraction of sp³-hybridized carbons (Fsp3) is 0.269. The molecule has 0 heterocycles. The Hall–Kier alpha value is -3.27. The number of carbonyl (C=O) groups is 1. The lowest BCUT2D eigenvalue weighted by atomic mass is 10.1. The highest BCUT2D eigenvalue weighted by Crippen LogP contribution is 2.19. The van der Waals surface area contributed by atoms with Crippen LogP contribution in [0.15, 0.2) is 72.8 Å². The van der Waals surface area contributed by atoms with Crippen molar-refractivity contribution in [3.8, 4) is 17.2 Å². The summed E-state index contributed by atoms with van der Waals surface area (Å²) in [6, 6.07) is 21.8. The third kappa shape index (κ3) is 8.39. The highest BCUT2D eigenvalue weighted by molar-refractivity contribution is 5.91. The number of hydrogen-bond acceptors (Lipinski definition) is 4. The van der Waals surface area contributed by atoms with Gasteiger partial charge in [-0.25, -0.2) is 4.79 Å².